The minimum atomic E-state index is -3.40. The average Bonchev–Trinajstić information content (AvgIpc) is 3.19. The molecule has 2 aliphatic rings. The van der Waals surface area contributed by atoms with E-state index in [1.165, 1.54) is 12.8 Å². The first-order valence-electron chi connectivity index (χ1n) is 8.22. The second-order valence-corrected chi connectivity index (χ2v) is 9.31. The van der Waals surface area contributed by atoms with Crippen LogP contribution in [-0.4, -0.2) is 43.9 Å². The minimum Gasteiger partial charge on any atom is -0.312 e. The van der Waals surface area contributed by atoms with Crippen molar-refractivity contribution in [3.8, 4) is 0 Å². The molecule has 1 aliphatic heterocycles. The summed E-state index contributed by atoms with van der Waals surface area (Å²) in [6, 6.07) is 0.642. The maximum Gasteiger partial charge on any atom is 0.280 e. The van der Waals surface area contributed by atoms with Crippen molar-refractivity contribution in [2.45, 2.75) is 77.9 Å². The van der Waals surface area contributed by atoms with Crippen molar-refractivity contribution in [1.82, 2.24) is 14.3 Å². The normalized spacial score (nSPS) is 26.8. The highest BCUT2D eigenvalue weighted by Gasteiger charge is 2.35. The van der Waals surface area contributed by atoms with E-state index in [1.807, 2.05) is 6.92 Å². The van der Waals surface area contributed by atoms with Crippen LogP contribution in [0.5, 0.6) is 0 Å². The Balaban J connectivity index is 2.00. The van der Waals surface area contributed by atoms with Crippen LogP contribution in [0.3, 0.4) is 0 Å². The molecule has 1 aliphatic carbocycles. The van der Waals surface area contributed by atoms with Gasteiger partial charge in [-0.15, -0.1) is 0 Å². The van der Waals surface area contributed by atoms with Crippen molar-refractivity contribution in [1.29, 1.82) is 0 Å². The van der Waals surface area contributed by atoms with Gasteiger partial charge >= 0.3 is 0 Å². The zero-order valence-corrected chi connectivity index (χ0v) is 14.7. The molecule has 0 aromatic rings. The molecule has 2 fully saturated rings. The quantitative estimate of drug-likeness (QED) is 0.786. The molecular weight excluding hydrogens is 286 g/mol. The zero-order valence-electron chi connectivity index (χ0n) is 13.9. The molecule has 1 saturated heterocycles. The van der Waals surface area contributed by atoms with Crippen LogP contribution in [-0.2, 0) is 10.2 Å². The molecule has 1 heterocycles. The number of rotatable bonds is 6. The van der Waals surface area contributed by atoms with E-state index in [0.717, 1.165) is 25.8 Å². The van der Waals surface area contributed by atoms with E-state index in [-0.39, 0.29) is 17.5 Å². The van der Waals surface area contributed by atoms with E-state index < -0.39 is 10.2 Å². The van der Waals surface area contributed by atoms with Crippen molar-refractivity contribution < 1.29 is 8.42 Å². The topological polar surface area (TPSA) is 61.4 Å². The van der Waals surface area contributed by atoms with Crippen LogP contribution in [0.2, 0.25) is 0 Å². The number of piperidine rings is 1. The summed E-state index contributed by atoms with van der Waals surface area (Å²) in [5, 5.41) is 3.48. The molecule has 2 N–H and O–H groups in total. The van der Waals surface area contributed by atoms with Crippen molar-refractivity contribution in [2.24, 2.45) is 5.41 Å². The molecule has 5 nitrogen and oxygen atoms in total. The summed E-state index contributed by atoms with van der Waals surface area (Å²) in [6.07, 6.45) is 5.52. The number of hydrogen-bond acceptors (Lipinski definition) is 3. The highest BCUT2D eigenvalue weighted by Crippen LogP contribution is 2.24. The van der Waals surface area contributed by atoms with E-state index in [2.05, 4.69) is 30.8 Å². The first kappa shape index (κ1) is 17.2. The number of nitrogens with zero attached hydrogens (tertiary/aromatic N) is 1. The third-order valence-corrected chi connectivity index (χ3v) is 6.48. The predicted octanol–water partition coefficient (Wildman–Crippen LogP) is 1.86. The lowest BCUT2D eigenvalue weighted by Crippen LogP contribution is -2.55. The molecule has 0 aromatic carbocycles. The van der Waals surface area contributed by atoms with Crippen LogP contribution in [0.1, 0.15) is 59.8 Å². The Hall–Kier alpha value is -0.170. The fraction of sp³-hybridized carbons (Fsp3) is 1.00. The Morgan fingerprint density at radius 1 is 1.19 bits per heavy atom. The lowest BCUT2D eigenvalue weighted by atomic mass is 9.89. The van der Waals surface area contributed by atoms with Crippen molar-refractivity contribution in [3.05, 3.63) is 0 Å². The van der Waals surface area contributed by atoms with Gasteiger partial charge in [-0.3, -0.25) is 0 Å². The Kier molecular flexibility index (Phi) is 5.34. The monoisotopic (exact) mass is 317 g/mol. The molecule has 124 valence electrons. The van der Waals surface area contributed by atoms with Crippen LogP contribution in [0.15, 0.2) is 0 Å². The van der Waals surface area contributed by atoms with Gasteiger partial charge in [-0.05, 0) is 38.0 Å². The van der Waals surface area contributed by atoms with Crippen molar-refractivity contribution >= 4 is 10.2 Å². The van der Waals surface area contributed by atoms with Crippen molar-refractivity contribution in [3.63, 3.8) is 0 Å². The molecular formula is C15H31N3O2S. The second-order valence-electron chi connectivity index (χ2n) is 7.65. The van der Waals surface area contributed by atoms with Gasteiger partial charge in [0.05, 0.1) is 0 Å². The SMILES string of the molecule is CC(NS(=O)(=O)N1CCCCC1CNC1CC1)C(C)(C)C. The highest BCUT2D eigenvalue weighted by atomic mass is 32.2. The molecule has 1 saturated carbocycles. The van der Waals surface area contributed by atoms with Crippen LogP contribution < -0.4 is 10.0 Å². The average molecular weight is 317 g/mol. The Labute approximate surface area is 130 Å². The molecule has 2 rings (SSSR count). The maximum absolute atomic E-state index is 12.7. The number of hydrogen-bond donors (Lipinski definition) is 2. The molecule has 2 unspecified atom stereocenters. The summed E-state index contributed by atoms with van der Waals surface area (Å²) in [5.74, 6) is 0. The minimum absolute atomic E-state index is 0.0788. The zero-order chi connectivity index (χ0) is 15.7. The molecule has 21 heavy (non-hydrogen) atoms. The number of nitrogens with one attached hydrogen (secondary N) is 2. The van der Waals surface area contributed by atoms with Gasteiger partial charge in [-0.2, -0.15) is 17.4 Å². The van der Waals surface area contributed by atoms with Gasteiger partial charge in [-0.1, -0.05) is 27.2 Å². The van der Waals surface area contributed by atoms with E-state index in [0.29, 0.717) is 12.6 Å². The van der Waals surface area contributed by atoms with Gasteiger partial charge in [0.1, 0.15) is 0 Å². The Morgan fingerprint density at radius 2 is 1.86 bits per heavy atom. The van der Waals surface area contributed by atoms with Crippen LogP contribution in [0.25, 0.3) is 0 Å². The lowest BCUT2D eigenvalue weighted by molar-refractivity contribution is 0.234. The molecule has 0 bridgehead atoms. The summed E-state index contributed by atoms with van der Waals surface area (Å²) < 4.78 is 30.0. The van der Waals surface area contributed by atoms with Gasteiger partial charge in [0, 0.05) is 31.2 Å². The summed E-state index contributed by atoms with van der Waals surface area (Å²) in [4.78, 5) is 0. The summed E-state index contributed by atoms with van der Waals surface area (Å²) in [5.41, 5.74) is -0.0788. The van der Waals surface area contributed by atoms with E-state index >= 15 is 0 Å². The fourth-order valence-corrected chi connectivity index (χ4v) is 4.43. The van der Waals surface area contributed by atoms with Crippen LogP contribution >= 0.6 is 0 Å². The fourth-order valence-electron chi connectivity index (χ4n) is 2.55. The van der Waals surface area contributed by atoms with E-state index in [9.17, 15) is 8.42 Å². The largest absolute Gasteiger partial charge is 0.312 e. The highest BCUT2D eigenvalue weighted by molar-refractivity contribution is 7.87. The van der Waals surface area contributed by atoms with Crippen LogP contribution in [0, 0.1) is 5.41 Å². The summed E-state index contributed by atoms with van der Waals surface area (Å²) in [6.45, 7) is 9.55. The molecule has 0 amide bonds. The molecule has 0 aromatic heterocycles. The third kappa shape index (κ3) is 4.91. The molecule has 0 radical (unpaired) electrons. The van der Waals surface area contributed by atoms with Crippen LogP contribution in [0.4, 0.5) is 0 Å². The smallest absolute Gasteiger partial charge is 0.280 e. The van der Waals surface area contributed by atoms with Crippen molar-refractivity contribution in [2.75, 3.05) is 13.1 Å². The van der Waals surface area contributed by atoms with Gasteiger partial charge in [0.25, 0.3) is 10.2 Å². The van der Waals surface area contributed by atoms with Gasteiger partial charge < -0.3 is 5.32 Å². The van der Waals surface area contributed by atoms with E-state index in [1.54, 1.807) is 4.31 Å². The van der Waals surface area contributed by atoms with Gasteiger partial charge in [-0.25, -0.2) is 0 Å². The van der Waals surface area contributed by atoms with E-state index in [4.69, 9.17) is 0 Å². The first-order valence-corrected chi connectivity index (χ1v) is 9.66. The maximum atomic E-state index is 12.7. The standard InChI is InChI=1S/C15H31N3O2S/c1-12(15(2,3)4)17-21(19,20)18-10-6-5-7-14(18)11-16-13-8-9-13/h12-14,16-17H,5-11H2,1-4H3. The third-order valence-electron chi connectivity index (χ3n) is 4.73. The predicted molar refractivity (Wildman–Crippen MR) is 86.3 cm³/mol. The molecule has 0 spiro atoms. The van der Waals surface area contributed by atoms with Gasteiger partial charge in [0.2, 0.25) is 0 Å². The Bertz CT molecular complexity index is 440. The molecule has 2 atom stereocenters. The molecule has 6 heteroatoms. The summed E-state index contributed by atoms with van der Waals surface area (Å²) >= 11 is 0. The lowest BCUT2D eigenvalue weighted by Gasteiger charge is -2.37. The Morgan fingerprint density at radius 3 is 2.43 bits per heavy atom. The second kappa shape index (κ2) is 6.52. The first-order chi connectivity index (χ1) is 9.70. The van der Waals surface area contributed by atoms with Gasteiger partial charge in [0.15, 0.2) is 0 Å². The summed E-state index contributed by atoms with van der Waals surface area (Å²) in [7, 11) is -3.40.